The van der Waals surface area contributed by atoms with Crippen LogP contribution >= 0.6 is 0 Å². The molecule has 0 spiro atoms. The maximum Gasteiger partial charge on any atom is 0.261 e. The number of imide groups is 1. The fraction of sp³-hybridized carbons (Fsp3) is 0.250. The Morgan fingerprint density at radius 3 is 2.19 bits per heavy atom. The second-order valence-electron chi connectivity index (χ2n) is 6.00. The fourth-order valence-corrected chi connectivity index (χ4v) is 3.13. The molecule has 2 aromatic rings. The minimum atomic E-state index is -0.478. The van der Waals surface area contributed by atoms with Crippen LogP contribution < -0.4 is 4.74 Å². The van der Waals surface area contributed by atoms with Crippen molar-refractivity contribution in [2.24, 2.45) is 0 Å². The van der Waals surface area contributed by atoms with Crippen LogP contribution in [0.2, 0.25) is 0 Å². The van der Waals surface area contributed by atoms with Crippen LogP contribution in [0.1, 0.15) is 49.1 Å². The van der Waals surface area contributed by atoms with Crippen molar-refractivity contribution in [3.8, 4) is 5.75 Å². The Labute approximate surface area is 151 Å². The smallest absolute Gasteiger partial charge is 0.261 e. The van der Waals surface area contributed by atoms with Crippen molar-refractivity contribution in [2.75, 3.05) is 13.7 Å². The molecular formula is C20H19NO5. The summed E-state index contributed by atoms with van der Waals surface area (Å²) in [7, 11) is 1.52. The van der Waals surface area contributed by atoms with Crippen molar-refractivity contribution in [1.82, 2.24) is 4.90 Å². The van der Waals surface area contributed by atoms with Gasteiger partial charge in [-0.15, -0.1) is 0 Å². The van der Waals surface area contributed by atoms with Gasteiger partial charge >= 0.3 is 0 Å². The number of hydrogen-bond acceptors (Lipinski definition) is 5. The number of benzene rings is 2. The minimum absolute atomic E-state index is 0.293. The molecule has 0 saturated heterocycles. The molecule has 2 aromatic carbocycles. The van der Waals surface area contributed by atoms with Crippen molar-refractivity contribution in [1.29, 1.82) is 0 Å². The first-order valence-corrected chi connectivity index (χ1v) is 8.30. The Bertz CT molecular complexity index is 868. The highest BCUT2D eigenvalue weighted by molar-refractivity contribution is 6.23. The van der Waals surface area contributed by atoms with Gasteiger partial charge in [-0.2, -0.15) is 0 Å². The summed E-state index contributed by atoms with van der Waals surface area (Å²) in [5, 5.41) is 9.60. The molecule has 1 heterocycles. The molecule has 0 aromatic heterocycles. The minimum Gasteiger partial charge on any atom is -0.496 e. The third-order valence-electron chi connectivity index (χ3n) is 4.54. The first-order valence-electron chi connectivity index (χ1n) is 8.30. The molecular weight excluding hydrogens is 334 g/mol. The van der Waals surface area contributed by atoms with Crippen LogP contribution in [0.3, 0.4) is 0 Å². The number of fused-ring (bicyclic) bond motifs is 1. The number of aryl methyl sites for hydroxylation is 1. The van der Waals surface area contributed by atoms with Gasteiger partial charge in [-0.05, 0) is 41.8 Å². The van der Waals surface area contributed by atoms with E-state index in [9.17, 15) is 19.5 Å². The van der Waals surface area contributed by atoms with Gasteiger partial charge in [0.25, 0.3) is 11.8 Å². The summed E-state index contributed by atoms with van der Waals surface area (Å²) in [4.78, 5) is 38.6. The summed E-state index contributed by atoms with van der Waals surface area (Å²) < 4.78 is 5.28. The van der Waals surface area contributed by atoms with Crippen LogP contribution in [-0.4, -0.2) is 41.3 Å². The summed E-state index contributed by atoms with van der Waals surface area (Å²) in [6.45, 7) is 1.22. The largest absolute Gasteiger partial charge is 0.496 e. The number of nitrogens with zero attached hydrogens (tertiary/aromatic N) is 1. The molecule has 2 amide bonds. The highest BCUT2D eigenvalue weighted by atomic mass is 16.5. The van der Waals surface area contributed by atoms with Crippen molar-refractivity contribution >= 4 is 17.6 Å². The Morgan fingerprint density at radius 2 is 1.69 bits per heavy atom. The predicted octanol–water partition coefficient (Wildman–Crippen LogP) is 2.23. The van der Waals surface area contributed by atoms with Crippen LogP contribution in [0.15, 0.2) is 36.4 Å². The topological polar surface area (TPSA) is 83.9 Å². The van der Waals surface area contributed by atoms with Gasteiger partial charge in [0.05, 0.1) is 31.4 Å². The maximum absolute atomic E-state index is 12.8. The zero-order chi connectivity index (χ0) is 18.8. The lowest BCUT2D eigenvalue weighted by Crippen LogP contribution is -2.35. The molecule has 26 heavy (non-hydrogen) atoms. The molecule has 6 heteroatoms. The summed E-state index contributed by atoms with van der Waals surface area (Å²) in [6.07, 6.45) is 0.641. The molecule has 0 atom stereocenters. The van der Waals surface area contributed by atoms with Crippen LogP contribution in [-0.2, 0) is 13.0 Å². The van der Waals surface area contributed by atoms with E-state index in [1.165, 1.54) is 7.11 Å². The van der Waals surface area contributed by atoms with E-state index in [1.54, 1.807) is 36.4 Å². The fourth-order valence-electron chi connectivity index (χ4n) is 3.13. The Kier molecular flexibility index (Phi) is 4.86. The molecule has 0 aliphatic carbocycles. The van der Waals surface area contributed by atoms with Gasteiger partial charge in [-0.25, -0.2) is 0 Å². The zero-order valence-corrected chi connectivity index (χ0v) is 14.6. The maximum atomic E-state index is 12.8. The van der Waals surface area contributed by atoms with Crippen molar-refractivity contribution in [3.05, 3.63) is 64.2 Å². The molecule has 1 aliphatic heterocycles. The summed E-state index contributed by atoms with van der Waals surface area (Å²) in [5.74, 6) is -0.766. The van der Waals surface area contributed by atoms with Crippen molar-refractivity contribution in [3.63, 3.8) is 0 Å². The second-order valence-corrected chi connectivity index (χ2v) is 6.00. The Hall–Kier alpha value is -2.99. The zero-order valence-electron chi connectivity index (χ0n) is 14.6. The number of ketones is 1. The van der Waals surface area contributed by atoms with Gasteiger partial charge in [-0.1, -0.05) is 19.1 Å². The van der Waals surface area contributed by atoms with E-state index >= 15 is 0 Å². The third-order valence-corrected chi connectivity index (χ3v) is 4.54. The Morgan fingerprint density at radius 1 is 1.08 bits per heavy atom. The van der Waals surface area contributed by atoms with Crippen molar-refractivity contribution in [2.45, 2.75) is 20.0 Å². The van der Waals surface area contributed by atoms with Crippen molar-refractivity contribution < 1.29 is 24.2 Å². The predicted molar refractivity (Wildman–Crippen MR) is 94.4 cm³/mol. The standard InChI is InChI=1S/C20H19NO5/c1-3-12-8-16(13(11-22)9-18(12)26-2)17(23)10-21-19(24)14-6-4-5-7-15(14)20(21)25/h4-9,22H,3,10-11H2,1-2H3. The summed E-state index contributed by atoms with van der Waals surface area (Å²) >= 11 is 0. The first-order chi connectivity index (χ1) is 12.5. The number of rotatable bonds is 6. The molecule has 0 bridgehead atoms. The quantitative estimate of drug-likeness (QED) is 0.636. The van der Waals surface area contributed by atoms with Crippen LogP contribution in [0.4, 0.5) is 0 Å². The van der Waals surface area contributed by atoms with E-state index in [0.29, 0.717) is 34.4 Å². The number of Topliss-reactive ketones (excluding diaryl/α,β-unsaturated/α-hetero) is 1. The van der Waals surface area contributed by atoms with Gasteiger partial charge in [-0.3, -0.25) is 19.3 Å². The van der Waals surface area contributed by atoms with E-state index in [1.807, 2.05) is 6.92 Å². The number of aliphatic hydroxyl groups is 1. The van der Waals surface area contributed by atoms with Gasteiger partial charge in [0.2, 0.25) is 0 Å². The third kappa shape index (κ3) is 2.88. The summed E-state index contributed by atoms with van der Waals surface area (Å²) in [6, 6.07) is 9.77. The molecule has 134 valence electrons. The average molecular weight is 353 g/mol. The van der Waals surface area contributed by atoms with E-state index in [0.717, 1.165) is 10.5 Å². The van der Waals surface area contributed by atoms with E-state index in [2.05, 4.69) is 0 Å². The lowest BCUT2D eigenvalue weighted by Gasteiger charge is -2.16. The summed E-state index contributed by atoms with van der Waals surface area (Å²) in [5.41, 5.74) is 2.12. The number of carbonyl (C=O) groups is 3. The number of aliphatic hydroxyl groups excluding tert-OH is 1. The molecule has 0 radical (unpaired) electrons. The van der Waals surface area contributed by atoms with Gasteiger partial charge in [0, 0.05) is 5.56 Å². The molecule has 0 fully saturated rings. The monoisotopic (exact) mass is 353 g/mol. The van der Waals surface area contributed by atoms with Gasteiger partial charge < -0.3 is 9.84 Å². The van der Waals surface area contributed by atoms with E-state index in [-0.39, 0.29) is 13.2 Å². The number of ether oxygens (including phenoxy) is 1. The van der Waals surface area contributed by atoms with Crippen LogP contribution in [0.25, 0.3) is 0 Å². The first kappa shape index (κ1) is 17.8. The molecule has 1 N–H and O–H groups in total. The normalized spacial score (nSPS) is 13.1. The number of hydrogen-bond donors (Lipinski definition) is 1. The van der Waals surface area contributed by atoms with Gasteiger partial charge in [0.1, 0.15) is 5.75 Å². The van der Waals surface area contributed by atoms with Crippen LogP contribution in [0, 0.1) is 0 Å². The Balaban J connectivity index is 1.92. The number of methoxy groups -OCH3 is 1. The lowest BCUT2D eigenvalue weighted by molar-refractivity contribution is 0.0623. The highest BCUT2D eigenvalue weighted by Crippen LogP contribution is 2.27. The SMILES string of the molecule is CCc1cc(C(=O)CN2C(=O)c3ccccc3C2=O)c(CO)cc1OC. The molecule has 6 nitrogen and oxygen atoms in total. The number of amides is 2. The average Bonchev–Trinajstić information content (AvgIpc) is 2.91. The molecule has 0 saturated carbocycles. The van der Waals surface area contributed by atoms with E-state index in [4.69, 9.17) is 4.74 Å². The van der Waals surface area contributed by atoms with E-state index < -0.39 is 17.6 Å². The highest BCUT2D eigenvalue weighted by Gasteiger charge is 2.36. The lowest BCUT2D eigenvalue weighted by atomic mass is 9.98. The molecule has 0 unspecified atom stereocenters. The molecule has 1 aliphatic rings. The van der Waals surface area contributed by atoms with Gasteiger partial charge in [0.15, 0.2) is 5.78 Å². The second kappa shape index (κ2) is 7.09. The number of carbonyl (C=O) groups excluding carboxylic acids is 3. The molecule has 3 rings (SSSR count). The van der Waals surface area contributed by atoms with Crippen LogP contribution in [0.5, 0.6) is 5.75 Å².